The summed E-state index contributed by atoms with van der Waals surface area (Å²) < 4.78 is 13.0. The molecule has 0 fully saturated rings. The normalized spacial score (nSPS) is 10.4. The Hall–Kier alpha value is -1.64. The first-order chi connectivity index (χ1) is 5.83. The van der Waals surface area contributed by atoms with Crippen LogP contribution in [0.4, 0.5) is 4.39 Å². The van der Waals surface area contributed by atoms with Gasteiger partial charge >= 0.3 is 0 Å². The third kappa shape index (κ3) is 0.830. The molecule has 2 rings (SSSR count). The zero-order chi connectivity index (χ0) is 8.55. The third-order valence-corrected chi connectivity index (χ3v) is 1.82. The highest BCUT2D eigenvalue weighted by atomic mass is 19.1. The van der Waals surface area contributed by atoms with Crippen LogP contribution in [0.2, 0.25) is 0 Å². The van der Waals surface area contributed by atoms with Crippen molar-refractivity contribution in [2.75, 3.05) is 0 Å². The van der Waals surface area contributed by atoms with E-state index in [2.05, 4.69) is 4.98 Å². The molecule has 0 spiro atoms. The van der Waals surface area contributed by atoms with E-state index in [9.17, 15) is 9.18 Å². The molecule has 60 valence electrons. The molecule has 0 amide bonds. The largest absolute Gasteiger partial charge is 0.359 e. The Morgan fingerprint density at radius 1 is 1.42 bits per heavy atom. The minimum Gasteiger partial charge on any atom is -0.359 e. The summed E-state index contributed by atoms with van der Waals surface area (Å²) in [5.41, 5.74) is 1.03. The summed E-state index contributed by atoms with van der Waals surface area (Å²) in [5, 5.41) is 0.368. The topological polar surface area (TPSA) is 32.9 Å². The Morgan fingerprint density at radius 2 is 2.25 bits per heavy atom. The summed E-state index contributed by atoms with van der Waals surface area (Å²) >= 11 is 0. The van der Waals surface area contributed by atoms with E-state index in [1.165, 1.54) is 6.20 Å². The summed E-state index contributed by atoms with van der Waals surface area (Å²) in [7, 11) is 0. The fourth-order valence-corrected chi connectivity index (χ4v) is 1.27. The highest BCUT2D eigenvalue weighted by molar-refractivity contribution is 5.97. The first-order valence-corrected chi connectivity index (χ1v) is 3.53. The lowest BCUT2D eigenvalue weighted by Gasteiger charge is -1.92. The first-order valence-electron chi connectivity index (χ1n) is 3.53. The number of fused-ring (bicyclic) bond motifs is 1. The number of halogens is 1. The van der Waals surface area contributed by atoms with E-state index < -0.39 is 0 Å². The predicted octanol–water partition coefficient (Wildman–Crippen LogP) is 2.12. The number of benzene rings is 1. The maximum absolute atomic E-state index is 13.0. The summed E-state index contributed by atoms with van der Waals surface area (Å²) in [4.78, 5) is 13.2. The lowest BCUT2D eigenvalue weighted by molar-refractivity contribution is 0.112. The zero-order valence-corrected chi connectivity index (χ0v) is 6.17. The van der Waals surface area contributed by atoms with Gasteiger partial charge in [0.1, 0.15) is 5.82 Å². The van der Waals surface area contributed by atoms with Gasteiger partial charge in [0.15, 0.2) is 6.29 Å². The van der Waals surface area contributed by atoms with E-state index in [1.54, 1.807) is 18.2 Å². The van der Waals surface area contributed by atoms with Crippen molar-refractivity contribution >= 4 is 17.2 Å². The average Bonchev–Trinajstić information content (AvgIpc) is 2.48. The second-order valence-electron chi connectivity index (χ2n) is 2.52. The molecule has 0 atom stereocenters. The van der Waals surface area contributed by atoms with E-state index in [0.717, 1.165) is 0 Å². The minimum absolute atomic E-state index is 0.368. The van der Waals surface area contributed by atoms with Gasteiger partial charge in [-0.15, -0.1) is 0 Å². The monoisotopic (exact) mass is 163 g/mol. The van der Waals surface area contributed by atoms with E-state index in [0.29, 0.717) is 22.8 Å². The van der Waals surface area contributed by atoms with Gasteiger partial charge in [0, 0.05) is 22.7 Å². The average molecular weight is 163 g/mol. The van der Waals surface area contributed by atoms with Crippen LogP contribution in [0.1, 0.15) is 10.4 Å². The molecule has 0 bridgehead atoms. The van der Waals surface area contributed by atoms with Crippen molar-refractivity contribution < 1.29 is 9.18 Å². The van der Waals surface area contributed by atoms with Crippen LogP contribution in [0, 0.1) is 5.82 Å². The molecule has 0 radical (unpaired) electrons. The van der Waals surface area contributed by atoms with Crippen LogP contribution in [0.3, 0.4) is 0 Å². The number of nitrogens with one attached hydrogen (secondary N) is 1. The van der Waals surface area contributed by atoms with Gasteiger partial charge in [0.05, 0.1) is 0 Å². The van der Waals surface area contributed by atoms with Crippen LogP contribution in [-0.4, -0.2) is 11.3 Å². The Kier molecular flexibility index (Phi) is 1.43. The van der Waals surface area contributed by atoms with Gasteiger partial charge in [-0.1, -0.05) is 12.1 Å². The zero-order valence-electron chi connectivity index (χ0n) is 6.17. The van der Waals surface area contributed by atoms with Crippen molar-refractivity contribution in [1.82, 2.24) is 4.98 Å². The molecule has 1 aromatic heterocycles. The molecule has 12 heavy (non-hydrogen) atoms. The number of H-pyrrole nitrogens is 1. The molecule has 1 heterocycles. The number of hydrogen-bond donors (Lipinski definition) is 1. The van der Waals surface area contributed by atoms with Gasteiger partial charge in [-0.05, 0) is 6.07 Å². The fourth-order valence-electron chi connectivity index (χ4n) is 1.27. The van der Waals surface area contributed by atoms with Gasteiger partial charge in [-0.2, -0.15) is 0 Å². The Bertz CT molecular complexity index is 433. The molecule has 3 heteroatoms. The number of carbonyl (C=O) groups is 1. The van der Waals surface area contributed by atoms with Gasteiger partial charge in [0.2, 0.25) is 0 Å². The molecule has 1 N–H and O–H groups in total. The van der Waals surface area contributed by atoms with Gasteiger partial charge in [-0.3, -0.25) is 4.79 Å². The van der Waals surface area contributed by atoms with Crippen molar-refractivity contribution in [1.29, 1.82) is 0 Å². The molecular formula is C9H6FNO. The number of hydrogen-bond acceptors (Lipinski definition) is 1. The number of aldehydes is 1. The molecule has 2 nitrogen and oxygen atoms in total. The molecule has 0 aliphatic heterocycles. The van der Waals surface area contributed by atoms with Crippen LogP contribution < -0.4 is 0 Å². The minimum atomic E-state index is -0.382. The number of rotatable bonds is 1. The first kappa shape index (κ1) is 7.03. The summed E-state index contributed by atoms with van der Waals surface area (Å²) in [6, 6.07) is 5.03. The van der Waals surface area contributed by atoms with Crippen molar-refractivity contribution in [3.63, 3.8) is 0 Å². The molecule has 2 aromatic rings. The van der Waals surface area contributed by atoms with E-state index in [-0.39, 0.29) is 5.82 Å². The lowest BCUT2D eigenvalue weighted by Crippen LogP contribution is -1.81. The number of aromatic nitrogens is 1. The molecular weight excluding hydrogens is 157 g/mol. The maximum Gasteiger partial charge on any atom is 0.150 e. The maximum atomic E-state index is 13.0. The molecule has 0 aliphatic carbocycles. The lowest BCUT2D eigenvalue weighted by atomic mass is 10.1. The molecule has 0 unspecified atom stereocenters. The molecule has 0 saturated heterocycles. The van der Waals surface area contributed by atoms with Crippen molar-refractivity contribution in [2.45, 2.75) is 0 Å². The van der Waals surface area contributed by atoms with Crippen LogP contribution >= 0.6 is 0 Å². The van der Waals surface area contributed by atoms with Crippen molar-refractivity contribution in [3.05, 3.63) is 35.8 Å². The van der Waals surface area contributed by atoms with Gasteiger partial charge in [-0.25, -0.2) is 4.39 Å². The quantitative estimate of drug-likeness (QED) is 0.641. The van der Waals surface area contributed by atoms with Gasteiger partial charge < -0.3 is 4.98 Å². The number of aromatic amines is 1. The second kappa shape index (κ2) is 2.44. The van der Waals surface area contributed by atoms with Crippen molar-refractivity contribution in [2.24, 2.45) is 0 Å². The van der Waals surface area contributed by atoms with E-state index in [1.807, 2.05) is 0 Å². The highest BCUT2D eigenvalue weighted by Crippen LogP contribution is 2.19. The summed E-state index contributed by atoms with van der Waals surface area (Å²) in [6.07, 6.45) is 1.90. The van der Waals surface area contributed by atoms with E-state index >= 15 is 0 Å². The Morgan fingerprint density at radius 3 is 3.00 bits per heavy atom. The van der Waals surface area contributed by atoms with Crippen molar-refractivity contribution in [3.8, 4) is 0 Å². The Balaban J connectivity index is 2.93. The highest BCUT2D eigenvalue weighted by Gasteiger charge is 2.06. The standard InChI is InChI=1S/C9H6FNO/c10-7-4-11-8-3-1-2-6(5-12)9(7)8/h1-5,11H. The van der Waals surface area contributed by atoms with E-state index in [4.69, 9.17) is 0 Å². The van der Waals surface area contributed by atoms with Crippen LogP contribution in [-0.2, 0) is 0 Å². The predicted molar refractivity (Wildman–Crippen MR) is 43.6 cm³/mol. The smallest absolute Gasteiger partial charge is 0.150 e. The Labute approximate surface area is 68.0 Å². The summed E-state index contributed by atoms with van der Waals surface area (Å²) in [5.74, 6) is -0.382. The van der Waals surface area contributed by atoms with Crippen LogP contribution in [0.25, 0.3) is 10.9 Å². The van der Waals surface area contributed by atoms with Gasteiger partial charge in [0.25, 0.3) is 0 Å². The summed E-state index contributed by atoms with van der Waals surface area (Å²) in [6.45, 7) is 0. The molecule has 0 saturated carbocycles. The SMILES string of the molecule is O=Cc1cccc2[nH]cc(F)c12. The molecule has 1 aromatic carbocycles. The fraction of sp³-hybridized carbons (Fsp3) is 0. The second-order valence-corrected chi connectivity index (χ2v) is 2.52. The van der Waals surface area contributed by atoms with Crippen LogP contribution in [0.5, 0.6) is 0 Å². The third-order valence-electron chi connectivity index (χ3n) is 1.82. The number of carbonyl (C=O) groups excluding carboxylic acids is 1. The van der Waals surface area contributed by atoms with Crippen LogP contribution in [0.15, 0.2) is 24.4 Å². The molecule has 0 aliphatic rings.